The van der Waals surface area contributed by atoms with E-state index < -0.39 is 0 Å². The molecule has 2 aliphatic heterocycles. The first-order chi connectivity index (χ1) is 12.0. The van der Waals surface area contributed by atoms with Gasteiger partial charge in [0.15, 0.2) is 12.4 Å². The number of anilines is 1. The highest BCUT2D eigenvalue weighted by Gasteiger charge is 2.28. The number of rotatable bonds is 4. The van der Waals surface area contributed by atoms with Crippen molar-refractivity contribution in [3.63, 3.8) is 0 Å². The molecule has 7 heteroatoms. The zero-order valence-corrected chi connectivity index (χ0v) is 14.2. The van der Waals surface area contributed by atoms with Gasteiger partial charge in [-0.25, -0.2) is 0 Å². The summed E-state index contributed by atoms with van der Waals surface area (Å²) in [7, 11) is 0. The number of amides is 2. The minimum Gasteiger partial charge on any atom is -0.482 e. The number of likely N-dealkylation sites (tertiary alicyclic amines) is 1. The Hall–Kier alpha value is -2.41. The summed E-state index contributed by atoms with van der Waals surface area (Å²) in [6.07, 6.45) is 1.05. The number of nitrogens with zero attached hydrogens (tertiary/aromatic N) is 2. The molecular weight excluding hydrogens is 324 g/mol. The molecule has 0 aliphatic carbocycles. The lowest BCUT2D eigenvalue weighted by atomic mass is 10.1. The summed E-state index contributed by atoms with van der Waals surface area (Å²) in [4.78, 5) is 39.4. The summed E-state index contributed by atoms with van der Waals surface area (Å²) in [6.45, 7) is 2.72. The number of carbonyl (C=O) groups excluding carboxylic acids is 3. The van der Waals surface area contributed by atoms with Crippen molar-refractivity contribution >= 4 is 23.3 Å². The minimum absolute atomic E-state index is 0.0320. The number of hydrogen-bond acceptors (Lipinski definition) is 5. The van der Waals surface area contributed by atoms with E-state index >= 15 is 0 Å². The molecule has 134 valence electrons. The standard InChI is InChI=1S/C18H22N2O5/c1-12(21)13-2-3-16-15(10-13)20(18(24)11-25-16)9-6-17(23)19-7-4-14(22)5-8-19/h2-3,10,14,22H,4-9,11H2,1H3. The van der Waals surface area contributed by atoms with Crippen LogP contribution < -0.4 is 9.64 Å². The second-order valence-corrected chi connectivity index (χ2v) is 6.43. The first-order valence-corrected chi connectivity index (χ1v) is 8.49. The molecule has 2 heterocycles. The molecular formula is C18H22N2O5. The summed E-state index contributed by atoms with van der Waals surface area (Å²) in [5.41, 5.74) is 1.03. The van der Waals surface area contributed by atoms with Crippen LogP contribution >= 0.6 is 0 Å². The zero-order chi connectivity index (χ0) is 18.0. The zero-order valence-electron chi connectivity index (χ0n) is 14.2. The van der Waals surface area contributed by atoms with Crippen LogP contribution in [0.3, 0.4) is 0 Å². The van der Waals surface area contributed by atoms with Crippen molar-refractivity contribution in [2.45, 2.75) is 32.3 Å². The van der Waals surface area contributed by atoms with Crippen LogP contribution in [0.25, 0.3) is 0 Å². The Morgan fingerprint density at radius 1 is 1.28 bits per heavy atom. The first kappa shape index (κ1) is 17.4. The maximum atomic E-state index is 12.4. The second kappa shape index (κ2) is 7.23. The number of benzene rings is 1. The van der Waals surface area contributed by atoms with Gasteiger partial charge in [0.1, 0.15) is 5.75 Å². The maximum Gasteiger partial charge on any atom is 0.265 e. The summed E-state index contributed by atoms with van der Waals surface area (Å²) < 4.78 is 5.41. The molecule has 0 bridgehead atoms. The molecule has 1 saturated heterocycles. The Morgan fingerprint density at radius 3 is 2.68 bits per heavy atom. The fourth-order valence-electron chi connectivity index (χ4n) is 3.15. The van der Waals surface area contributed by atoms with Crippen LogP contribution in [0.4, 0.5) is 5.69 Å². The molecule has 0 aromatic heterocycles. The molecule has 3 rings (SSSR count). The second-order valence-electron chi connectivity index (χ2n) is 6.43. The Balaban J connectivity index is 1.70. The average molecular weight is 346 g/mol. The topological polar surface area (TPSA) is 87.2 Å². The van der Waals surface area contributed by atoms with Crippen LogP contribution in [0.2, 0.25) is 0 Å². The minimum atomic E-state index is -0.332. The SMILES string of the molecule is CC(=O)c1ccc2c(c1)N(CCC(=O)N1CCC(O)CC1)C(=O)CO2. The van der Waals surface area contributed by atoms with Gasteiger partial charge in [-0.05, 0) is 38.0 Å². The Bertz CT molecular complexity index is 695. The molecule has 0 atom stereocenters. The lowest BCUT2D eigenvalue weighted by Crippen LogP contribution is -2.44. The van der Waals surface area contributed by atoms with E-state index in [9.17, 15) is 19.5 Å². The predicted octanol–water partition coefficient (Wildman–Crippen LogP) is 0.988. The van der Waals surface area contributed by atoms with E-state index in [-0.39, 0.29) is 43.3 Å². The third kappa shape index (κ3) is 3.82. The molecule has 25 heavy (non-hydrogen) atoms. The van der Waals surface area contributed by atoms with E-state index in [1.165, 1.54) is 11.8 Å². The van der Waals surface area contributed by atoms with E-state index in [2.05, 4.69) is 0 Å². The quantitative estimate of drug-likeness (QED) is 0.822. The maximum absolute atomic E-state index is 12.4. The molecule has 0 saturated carbocycles. The normalized spacial score (nSPS) is 17.9. The molecule has 0 spiro atoms. The largest absolute Gasteiger partial charge is 0.482 e. The van der Waals surface area contributed by atoms with E-state index in [0.717, 1.165) is 0 Å². The Morgan fingerprint density at radius 2 is 2.00 bits per heavy atom. The van der Waals surface area contributed by atoms with E-state index in [0.29, 0.717) is 42.9 Å². The van der Waals surface area contributed by atoms with Gasteiger partial charge in [-0.15, -0.1) is 0 Å². The molecule has 1 N–H and O–H groups in total. The fraction of sp³-hybridized carbons (Fsp3) is 0.500. The number of carbonyl (C=O) groups is 3. The van der Waals surface area contributed by atoms with Crippen molar-refractivity contribution in [1.82, 2.24) is 4.90 Å². The van der Waals surface area contributed by atoms with Crippen molar-refractivity contribution in [3.8, 4) is 5.75 Å². The van der Waals surface area contributed by atoms with Gasteiger partial charge in [0, 0.05) is 31.6 Å². The monoisotopic (exact) mass is 346 g/mol. The highest BCUT2D eigenvalue weighted by molar-refractivity contribution is 6.01. The first-order valence-electron chi connectivity index (χ1n) is 8.49. The van der Waals surface area contributed by atoms with Gasteiger partial charge in [0.05, 0.1) is 11.8 Å². The summed E-state index contributed by atoms with van der Waals surface area (Å²) in [5.74, 6) is 0.187. The van der Waals surface area contributed by atoms with E-state index in [4.69, 9.17) is 4.74 Å². The number of aliphatic hydroxyl groups excluding tert-OH is 1. The third-order valence-electron chi connectivity index (χ3n) is 4.67. The molecule has 2 aliphatic rings. The number of fused-ring (bicyclic) bond motifs is 1. The lowest BCUT2D eigenvalue weighted by molar-refractivity contribution is -0.133. The van der Waals surface area contributed by atoms with E-state index in [1.807, 2.05) is 0 Å². The Labute approximate surface area is 146 Å². The van der Waals surface area contributed by atoms with Crippen LogP contribution in [0.15, 0.2) is 18.2 Å². The predicted molar refractivity (Wildman–Crippen MR) is 90.7 cm³/mol. The summed E-state index contributed by atoms with van der Waals surface area (Å²) in [5, 5.41) is 9.52. The van der Waals surface area contributed by atoms with Gasteiger partial charge in [0.25, 0.3) is 5.91 Å². The smallest absolute Gasteiger partial charge is 0.265 e. The summed E-state index contributed by atoms with van der Waals surface area (Å²) >= 11 is 0. The van der Waals surface area contributed by atoms with Crippen LogP contribution in [0.1, 0.15) is 36.5 Å². The van der Waals surface area contributed by atoms with Gasteiger partial charge < -0.3 is 19.6 Å². The van der Waals surface area contributed by atoms with Gasteiger partial charge in [-0.3, -0.25) is 14.4 Å². The molecule has 7 nitrogen and oxygen atoms in total. The summed E-state index contributed by atoms with van der Waals surface area (Å²) in [6, 6.07) is 4.98. The van der Waals surface area contributed by atoms with Crippen LogP contribution in [-0.4, -0.2) is 59.9 Å². The Kier molecular flexibility index (Phi) is 5.03. The average Bonchev–Trinajstić information content (AvgIpc) is 2.60. The fourth-order valence-corrected chi connectivity index (χ4v) is 3.15. The number of ketones is 1. The lowest BCUT2D eigenvalue weighted by Gasteiger charge is -2.32. The van der Waals surface area contributed by atoms with Crippen molar-refractivity contribution in [3.05, 3.63) is 23.8 Å². The number of piperidine rings is 1. The van der Waals surface area contributed by atoms with Crippen LogP contribution in [0, 0.1) is 0 Å². The molecule has 2 amide bonds. The number of hydrogen-bond donors (Lipinski definition) is 1. The van der Waals surface area contributed by atoms with Gasteiger partial charge in [0.2, 0.25) is 5.91 Å². The van der Waals surface area contributed by atoms with Gasteiger partial charge >= 0.3 is 0 Å². The number of Topliss-reactive ketones (excluding diaryl/α,β-unsaturated/α-hetero) is 1. The third-order valence-corrected chi connectivity index (χ3v) is 4.67. The molecule has 0 radical (unpaired) electrons. The van der Waals surface area contributed by atoms with Crippen molar-refractivity contribution in [1.29, 1.82) is 0 Å². The highest BCUT2D eigenvalue weighted by atomic mass is 16.5. The van der Waals surface area contributed by atoms with E-state index in [1.54, 1.807) is 23.1 Å². The number of aliphatic hydroxyl groups is 1. The van der Waals surface area contributed by atoms with Gasteiger partial charge in [-0.2, -0.15) is 0 Å². The van der Waals surface area contributed by atoms with Crippen molar-refractivity contribution in [2.24, 2.45) is 0 Å². The van der Waals surface area contributed by atoms with Gasteiger partial charge in [-0.1, -0.05) is 0 Å². The molecule has 1 aromatic carbocycles. The van der Waals surface area contributed by atoms with Crippen LogP contribution in [0.5, 0.6) is 5.75 Å². The molecule has 0 unspecified atom stereocenters. The molecule has 1 aromatic rings. The molecule has 1 fully saturated rings. The number of ether oxygens (including phenoxy) is 1. The van der Waals surface area contributed by atoms with Crippen molar-refractivity contribution < 1.29 is 24.2 Å². The van der Waals surface area contributed by atoms with Crippen molar-refractivity contribution in [2.75, 3.05) is 31.1 Å². The highest BCUT2D eigenvalue weighted by Crippen LogP contribution is 2.33. The van der Waals surface area contributed by atoms with Crippen LogP contribution in [-0.2, 0) is 9.59 Å².